The Morgan fingerprint density at radius 3 is 2.05 bits per heavy atom. The van der Waals surface area contributed by atoms with Gasteiger partial charge in [0.15, 0.2) is 0 Å². The topological polar surface area (TPSA) is 62.9 Å². The van der Waals surface area contributed by atoms with Crippen molar-refractivity contribution in [3.05, 3.63) is 53.6 Å². The summed E-state index contributed by atoms with van der Waals surface area (Å²) in [6, 6.07) is 13.3. The molecule has 2 N–H and O–H groups in total. The summed E-state index contributed by atoms with van der Waals surface area (Å²) in [7, 11) is 4.88. The van der Waals surface area contributed by atoms with Gasteiger partial charge in [0, 0.05) is 12.5 Å². The zero-order valence-electron chi connectivity index (χ0n) is 13.0. The molecule has 0 amide bonds. The molecule has 0 aliphatic heterocycles. The molecule has 0 fully saturated rings. The summed E-state index contributed by atoms with van der Waals surface area (Å²) < 4.78 is 15.8. The highest BCUT2D eigenvalue weighted by molar-refractivity contribution is 5.42. The SMILES string of the molecule is COc1ccc(C(Cc2ccc(OC)cc2OC)ON)cc1. The largest absolute Gasteiger partial charge is 0.497 e. The maximum absolute atomic E-state index is 5.47. The summed E-state index contributed by atoms with van der Waals surface area (Å²) in [6.07, 6.45) is 0.323. The number of hydrogen-bond acceptors (Lipinski definition) is 5. The standard InChI is InChI=1S/C17H21NO4/c1-19-14-7-4-12(5-8-14)17(22-18)10-13-6-9-15(20-2)11-16(13)21-3/h4-9,11,17H,10,18H2,1-3H3. The van der Waals surface area contributed by atoms with E-state index in [4.69, 9.17) is 24.9 Å². The lowest BCUT2D eigenvalue weighted by atomic mass is 10.0. The van der Waals surface area contributed by atoms with Gasteiger partial charge < -0.3 is 14.2 Å². The number of rotatable bonds is 7. The average molecular weight is 303 g/mol. The van der Waals surface area contributed by atoms with Gasteiger partial charge in [-0.3, -0.25) is 4.84 Å². The van der Waals surface area contributed by atoms with Gasteiger partial charge >= 0.3 is 0 Å². The van der Waals surface area contributed by atoms with E-state index in [0.29, 0.717) is 6.42 Å². The predicted molar refractivity (Wildman–Crippen MR) is 84.3 cm³/mol. The number of methoxy groups -OCH3 is 3. The summed E-state index contributed by atoms with van der Waals surface area (Å²) in [4.78, 5) is 5.14. The molecule has 0 bridgehead atoms. The van der Waals surface area contributed by atoms with Crippen molar-refractivity contribution in [3.8, 4) is 17.2 Å². The first-order chi connectivity index (χ1) is 10.7. The van der Waals surface area contributed by atoms with Crippen molar-refractivity contribution in [3.63, 3.8) is 0 Å². The van der Waals surface area contributed by atoms with E-state index in [2.05, 4.69) is 0 Å². The van der Waals surface area contributed by atoms with Crippen molar-refractivity contribution < 1.29 is 19.0 Å². The Balaban J connectivity index is 2.22. The molecule has 0 saturated heterocycles. The van der Waals surface area contributed by atoms with Crippen molar-refractivity contribution in [2.45, 2.75) is 12.5 Å². The molecule has 1 unspecified atom stereocenters. The zero-order chi connectivity index (χ0) is 15.9. The third kappa shape index (κ3) is 3.69. The summed E-state index contributed by atoms with van der Waals surface area (Å²) >= 11 is 0. The molecule has 22 heavy (non-hydrogen) atoms. The van der Waals surface area contributed by atoms with Gasteiger partial charge in [-0.15, -0.1) is 0 Å². The highest BCUT2D eigenvalue weighted by Crippen LogP contribution is 2.30. The van der Waals surface area contributed by atoms with Crippen LogP contribution in [0.4, 0.5) is 0 Å². The van der Waals surface area contributed by atoms with Crippen molar-refractivity contribution in [1.29, 1.82) is 0 Å². The number of benzene rings is 2. The van der Waals surface area contributed by atoms with Crippen LogP contribution >= 0.6 is 0 Å². The Bertz CT molecular complexity index is 598. The van der Waals surface area contributed by atoms with Crippen molar-refractivity contribution in [2.75, 3.05) is 21.3 Å². The third-order valence-electron chi connectivity index (χ3n) is 3.55. The van der Waals surface area contributed by atoms with Crippen molar-refractivity contribution >= 4 is 0 Å². The lowest BCUT2D eigenvalue weighted by molar-refractivity contribution is 0.0525. The molecule has 0 aromatic heterocycles. The molecule has 2 aromatic carbocycles. The van der Waals surface area contributed by atoms with E-state index in [-0.39, 0.29) is 6.10 Å². The fourth-order valence-corrected chi connectivity index (χ4v) is 2.28. The minimum atomic E-state index is -0.270. The molecule has 2 rings (SSSR count). The molecule has 0 heterocycles. The maximum atomic E-state index is 5.47. The van der Waals surface area contributed by atoms with Crippen LogP contribution in [-0.4, -0.2) is 21.3 Å². The van der Waals surface area contributed by atoms with E-state index in [1.807, 2.05) is 42.5 Å². The van der Waals surface area contributed by atoms with E-state index in [9.17, 15) is 0 Å². The molecule has 5 heteroatoms. The van der Waals surface area contributed by atoms with Gasteiger partial charge in [0.05, 0.1) is 21.3 Å². The molecule has 118 valence electrons. The number of nitrogens with two attached hydrogens (primary N) is 1. The second-order valence-corrected chi connectivity index (χ2v) is 4.78. The van der Waals surface area contributed by atoms with Gasteiger partial charge in [0.2, 0.25) is 0 Å². The fraction of sp³-hybridized carbons (Fsp3) is 0.294. The van der Waals surface area contributed by atoms with Gasteiger partial charge in [0.1, 0.15) is 23.4 Å². The lowest BCUT2D eigenvalue weighted by Gasteiger charge is -2.17. The maximum Gasteiger partial charge on any atom is 0.125 e. The molecule has 2 aromatic rings. The van der Waals surface area contributed by atoms with Crippen LogP contribution in [0, 0.1) is 0 Å². The van der Waals surface area contributed by atoms with Crippen LogP contribution in [0.1, 0.15) is 17.2 Å². The smallest absolute Gasteiger partial charge is 0.125 e. The second-order valence-electron chi connectivity index (χ2n) is 4.78. The normalized spacial score (nSPS) is 11.8. The monoisotopic (exact) mass is 303 g/mol. The van der Waals surface area contributed by atoms with E-state index in [0.717, 1.165) is 28.4 Å². The third-order valence-corrected chi connectivity index (χ3v) is 3.55. The Labute approximate surface area is 130 Å². The van der Waals surface area contributed by atoms with Crippen molar-refractivity contribution in [2.24, 2.45) is 5.90 Å². The van der Waals surface area contributed by atoms with Gasteiger partial charge in [-0.1, -0.05) is 18.2 Å². The molecule has 1 atom stereocenters. The van der Waals surface area contributed by atoms with Gasteiger partial charge in [0.25, 0.3) is 0 Å². The van der Waals surface area contributed by atoms with Crippen LogP contribution < -0.4 is 20.1 Å². The van der Waals surface area contributed by atoms with Crippen LogP contribution in [-0.2, 0) is 11.3 Å². The Hall–Kier alpha value is -2.24. The van der Waals surface area contributed by atoms with E-state index in [1.54, 1.807) is 21.3 Å². The first kappa shape index (κ1) is 16.1. The quantitative estimate of drug-likeness (QED) is 0.797. The minimum absolute atomic E-state index is 0.270. The first-order valence-corrected chi connectivity index (χ1v) is 6.92. The number of ether oxygens (including phenoxy) is 3. The molecular weight excluding hydrogens is 282 g/mol. The van der Waals surface area contributed by atoms with Crippen LogP contribution in [0.3, 0.4) is 0 Å². The Morgan fingerprint density at radius 2 is 1.50 bits per heavy atom. The second kappa shape index (κ2) is 7.68. The lowest BCUT2D eigenvalue weighted by Crippen LogP contribution is -2.12. The van der Waals surface area contributed by atoms with Gasteiger partial charge in [-0.05, 0) is 29.3 Å². The summed E-state index contributed by atoms with van der Waals surface area (Å²) in [5.74, 6) is 7.76. The molecule has 0 aliphatic carbocycles. The summed E-state index contributed by atoms with van der Waals surface area (Å²) in [5.41, 5.74) is 1.97. The van der Waals surface area contributed by atoms with E-state index in [1.165, 1.54) is 0 Å². The average Bonchev–Trinajstić information content (AvgIpc) is 2.59. The van der Waals surface area contributed by atoms with Gasteiger partial charge in [-0.2, -0.15) is 0 Å². The minimum Gasteiger partial charge on any atom is -0.497 e. The summed E-state index contributed by atoms with van der Waals surface area (Å²) in [5, 5.41) is 0. The molecule has 0 radical (unpaired) electrons. The molecular formula is C17H21NO4. The van der Waals surface area contributed by atoms with Crippen LogP contribution in [0.15, 0.2) is 42.5 Å². The first-order valence-electron chi connectivity index (χ1n) is 6.92. The van der Waals surface area contributed by atoms with E-state index >= 15 is 0 Å². The summed E-state index contributed by atoms with van der Waals surface area (Å²) in [6.45, 7) is 0. The highest BCUT2D eigenvalue weighted by atomic mass is 16.6. The van der Waals surface area contributed by atoms with Crippen LogP contribution in [0.25, 0.3) is 0 Å². The fourth-order valence-electron chi connectivity index (χ4n) is 2.28. The molecule has 0 aliphatic rings. The number of hydrogen-bond donors (Lipinski definition) is 1. The van der Waals surface area contributed by atoms with Gasteiger partial charge in [-0.25, -0.2) is 5.90 Å². The Morgan fingerprint density at radius 1 is 0.864 bits per heavy atom. The molecule has 5 nitrogen and oxygen atoms in total. The Kier molecular flexibility index (Phi) is 5.63. The van der Waals surface area contributed by atoms with Crippen LogP contribution in [0.5, 0.6) is 17.2 Å². The van der Waals surface area contributed by atoms with Crippen LogP contribution in [0.2, 0.25) is 0 Å². The van der Waals surface area contributed by atoms with Crippen molar-refractivity contribution in [1.82, 2.24) is 0 Å². The highest BCUT2D eigenvalue weighted by Gasteiger charge is 2.16. The molecule has 0 saturated carbocycles. The van der Waals surface area contributed by atoms with E-state index < -0.39 is 0 Å². The predicted octanol–water partition coefficient (Wildman–Crippen LogP) is 2.89. The molecule has 0 spiro atoms. The zero-order valence-corrected chi connectivity index (χ0v) is 13.0.